The Bertz CT molecular complexity index is 425. The lowest BCUT2D eigenvalue weighted by molar-refractivity contribution is -0.0654. The Morgan fingerprint density at radius 3 is 2.95 bits per heavy atom. The van der Waals surface area contributed by atoms with Gasteiger partial charge in [0, 0.05) is 32.3 Å². The molecule has 0 aromatic heterocycles. The van der Waals surface area contributed by atoms with Gasteiger partial charge in [0.1, 0.15) is 0 Å². The zero-order valence-corrected chi connectivity index (χ0v) is 12.7. The molecule has 1 saturated heterocycles. The zero-order chi connectivity index (χ0) is 14.5. The van der Waals surface area contributed by atoms with E-state index in [2.05, 4.69) is 43.0 Å². The van der Waals surface area contributed by atoms with Gasteiger partial charge in [0.05, 0.1) is 19.3 Å². The van der Waals surface area contributed by atoms with Crippen LogP contribution >= 0.6 is 0 Å². The Morgan fingerprint density at radius 2 is 2.25 bits per heavy atom. The summed E-state index contributed by atoms with van der Waals surface area (Å²) in [6.45, 7) is 7.28. The summed E-state index contributed by atoms with van der Waals surface area (Å²) in [6.07, 6.45) is 0.266. The number of benzene rings is 1. The quantitative estimate of drug-likeness (QED) is 0.894. The highest BCUT2D eigenvalue weighted by Gasteiger charge is 2.29. The maximum absolute atomic E-state index is 6.05. The second kappa shape index (κ2) is 7.18. The predicted molar refractivity (Wildman–Crippen MR) is 80.5 cm³/mol. The van der Waals surface area contributed by atoms with Gasteiger partial charge in [0.2, 0.25) is 0 Å². The Kier molecular flexibility index (Phi) is 5.54. The predicted octanol–water partition coefficient (Wildman–Crippen LogP) is 1.94. The van der Waals surface area contributed by atoms with E-state index in [0.717, 1.165) is 13.2 Å². The molecule has 1 aliphatic rings. The van der Waals surface area contributed by atoms with Crippen molar-refractivity contribution in [3.63, 3.8) is 0 Å². The third kappa shape index (κ3) is 3.58. The van der Waals surface area contributed by atoms with Gasteiger partial charge in [-0.2, -0.15) is 0 Å². The van der Waals surface area contributed by atoms with Crippen molar-refractivity contribution in [2.45, 2.75) is 38.6 Å². The summed E-state index contributed by atoms with van der Waals surface area (Å²) in [4.78, 5) is 2.46. The molecule has 2 N–H and O–H groups in total. The summed E-state index contributed by atoms with van der Waals surface area (Å²) in [5.41, 5.74) is 8.51. The first-order valence-electron chi connectivity index (χ1n) is 7.31. The second-order valence-electron chi connectivity index (χ2n) is 5.62. The molecule has 3 unspecified atom stereocenters. The monoisotopic (exact) mass is 278 g/mol. The SMILES string of the molecule is COCc1cccc(C(CN)N2CC(C)OCC2C)c1. The van der Waals surface area contributed by atoms with E-state index < -0.39 is 0 Å². The van der Waals surface area contributed by atoms with E-state index in [0.29, 0.717) is 19.2 Å². The molecule has 112 valence electrons. The fraction of sp³-hybridized carbons (Fsp3) is 0.625. The molecule has 0 radical (unpaired) electrons. The average Bonchev–Trinajstić information content (AvgIpc) is 2.44. The largest absolute Gasteiger partial charge is 0.380 e. The molecule has 1 aliphatic heterocycles. The maximum Gasteiger partial charge on any atom is 0.0713 e. The van der Waals surface area contributed by atoms with Crippen molar-refractivity contribution in [2.24, 2.45) is 5.73 Å². The minimum absolute atomic E-state index is 0.244. The highest BCUT2D eigenvalue weighted by molar-refractivity contribution is 5.26. The molecule has 4 heteroatoms. The van der Waals surface area contributed by atoms with Crippen LogP contribution in [-0.4, -0.2) is 43.9 Å². The third-order valence-electron chi connectivity index (χ3n) is 3.93. The molecule has 1 heterocycles. The van der Waals surface area contributed by atoms with E-state index in [9.17, 15) is 0 Å². The van der Waals surface area contributed by atoms with Crippen LogP contribution in [0.2, 0.25) is 0 Å². The molecule has 0 amide bonds. The molecule has 1 fully saturated rings. The van der Waals surface area contributed by atoms with Crippen LogP contribution in [0.25, 0.3) is 0 Å². The second-order valence-corrected chi connectivity index (χ2v) is 5.62. The number of nitrogens with zero attached hydrogens (tertiary/aromatic N) is 1. The van der Waals surface area contributed by atoms with Gasteiger partial charge in [-0.05, 0) is 25.0 Å². The molecule has 20 heavy (non-hydrogen) atoms. The minimum atomic E-state index is 0.244. The summed E-state index contributed by atoms with van der Waals surface area (Å²) in [7, 11) is 1.72. The molecule has 1 aromatic rings. The third-order valence-corrected chi connectivity index (χ3v) is 3.93. The summed E-state index contributed by atoms with van der Waals surface area (Å²) < 4.78 is 10.9. The number of ether oxygens (including phenoxy) is 2. The molecule has 0 spiro atoms. The van der Waals surface area contributed by atoms with Crippen LogP contribution in [0.3, 0.4) is 0 Å². The molecular weight excluding hydrogens is 252 g/mol. The maximum atomic E-state index is 6.05. The first-order chi connectivity index (χ1) is 9.65. The molecule has 4 nitrogen and oxygen atoms in total. The number of hydrogen-bond acceptors (Lipinski definition) is 4. The van der Waals surface area contributed by atoms with Crippen molar-refractivity contribution in [1.29, 1.82) is 0 Å². The minimum Gasteiger partial charge on any atom is -0.380 e. The van der Waals surface area contributed by atoms with Crippen molar-refractivity contribution in [1.82, 2.24) is 4.90 Å². The number of hydrogen-bond donors (Lipinski definition) is 1. The van der Waals surface area contributed by atoms with Gasteiger partial charge in [-0.25, -0.2) is 0 Å². The van der Waals surface area contributed by atoms with Crippen molar-refractivity contribution < 1.29 is 9.47 Å². The fourth-order valence-corrected chi connectivity index (χ4v) is 2.88. The van der Waals surface area contributed by atoms with Crippen LogP contribution in [0.4, 0.5) is 0 Å². The van der Waals surface area contributed by atoms with Crippen LogP contribution in [-0.2, 0) is 16.1 Å². The molecule has 0 aliphatic carbocycles. The Balaban J connectivity index is 2.20. The number of rotatable bonds is 5. The Hall–Kier alpha value is -0.940. The molecule has 0 saturated carbocycles. The van der Waals surface area contributed by atoms with Crippen molar-refractivity contribution in [2.75, 3.05) is 26.8 Å². The number of morpholine rings is 1. The Morgan fingerprint density at radius 1 is 1.45 bits per heavy atom. The normalized spacial score (nSPS) is 25.6. The van der Waals surface area contributed by atoms with Gasteiger partial charge in [-0.15, -0.1) is 0 Å². The van der Waals surface area contributed by atoms with E-state index in [1.54, 1.807) is 7.11 Å². The van der Waals surface area contributed by atoms with E-state index >= 15 is 0 Å². The summed E-state index contributed by atoms with van der Waals surface area (Å²) in [5, 5.41) is 0. The first kappa shape index (κ1) is 15.4. The molecular formula is C16H26N2O2. The van der Waals surface area contributed by atoms with E-state index in [1.807, 2.05) is 0 Å². The van der Waals surface area contributed by atoms with Gasteiger partial charge >= 0.3 is 0 Å². The summed E-state index contributed by atoms with van der Waals surface area (Å²) >= 11 is 0. The van der Waals surface area contributed by atoms with Crippen LogP contribution in [0.5, 0.6) is 0 Å². The molecule has 0 bridgehead atoms. The fourth-order valence-electron chi connectivity index (χ4n) is 2.88. The molecule has 3 atom stereocenters. The van der Waals surface area contributed by atoms with E-state index in [1.165, 1.54) is 11.1 Å². The highest BCUT2D eigenvalue weighted by atomic mass is 16.5. The lowest BCUT2D eigenvalue weighted by Crippen LogP contribution is -2.50. The number of methoxy groups -OCH3 is 1. The van der Waals surface area contributed by atoms with Gasteiger partial charge in [-0.1, -0.05) is 24.3 Å². The topological polar surface area (TPSA) is 47.7 Å². The van der Waals surface area contributed by atoms with Gasteiger partial charge in [0.25, 0.3) is 0 Å². The van der Waals surface area contributed by atoms with Gasteiger partial charge < -0.3 is 15.2 Å². The smallest absolute Gasteiger partial charge is 0.0713 e. The van der Waals surface area contributed by atoms with E-state index in [4.69, 9.17) is 15.2 Å². The van der Waals surface area contributed by atoms with Gasteiger partial charge in [0.15, 0.2) is 0 Å². The lowest BCUT2D eigenvalue weighted by Gasteiger charge is -2.41. The van der Waals surface area contributed by atoms with Crippen molar-refractivity contribution in [3.8, 4) is 0 Å². The summed E-state index contributed by atoms with van der Waals surface area (Å²) in [6, 6.07) is 9.17. The standard InChI is InChI=1S/C16H26N2O2/c1-12-10-20-13(2)9-18(12)16(8-17)15-6-4-5-14(7-15)11-19-3/h4-7,12-13,16H,8-11,17H2,1-3H3. The average molecular weight is 278 g/mol. The van der Waals surface area contributed by atoms with Crippen LogP contribution in [0.15, 0.2) is 24.3 Å². The van der Waals surface area contributed by atoms with Crippen LogP contribution < -0.4 is 5.73 Å². The van der Waals surface area contributed by atoms with Crippen molar-refractivity contribution >= 4 is 0 Å². The highest BCUT2D eigenvalue weighted by Crippen LogP contribution is 2.26. The molecule has 1 aromatic carbocycles. The number of nitrogens with two attached hydrogens (primary N) is 1. The van der Waals surface area contributed by atoms with Crippen LogP contribution in [0, 0.1) is 0 Å². The zero-order valence-electron chi connectivity index (χ0n) is 12.7. The summed E-state index contributed by atoms with van der Waals surface area (Å²) in [5.74, 6) is 0. The lowest BCUT2D eigenvalue weighted by atomic mass is 10.00. The van der Waals surface area contributed by atoms with E-state index in [-0.39, 0.29) is 12.1 Å². The first-order valence-corrected chi connectivity index (χ1v) is 7.31. The van der Waals surface area contributed by atoms with Crippen molar-refractivity contribution in [3.05, 3.63) is 35.4 Å². The van der Waals surface area contributed by atoms with Crippen LogP contribution in [0.1, 0.15) is 31.0 Å². The van der Waals surface area contributed by atoms with Gasteiger partial charge in [-0.3, -0.25) is 4.90 Å². The molecule has 2 rings (SSSR count). The Labute approximate surface area is 121 Å².